The molecule has 9 nitrogen and oxygen atoms in total. The molecule has 0 bridgehead atoms. The normalized spacial score (nSPS) is 10.3. The summed E-state index contributed by atoms with van der Waals surface area (Å²) in [5.41, 5.74) is -0.276. The Morgan fingerprint density at radius 3 is 2.75 bits per heavy atom. The van der Waals surface area contributed by atoms with Gasteiger partial charge >= 0.3 is 11.7 Å². The highest BCUT2D eigenvalue weighted by Gasteiger charge is 2.24. The Balaban J connectivity index is 2.51. The minimum Gasteiger partial charge on any atom is -0.463 e. The Bertz CT molecular complexity index is 704. The van der Waals surface area contributed by atoms with Gasteiger partial charge < -0.3 is 4.74 Å². The molecule has 0 aliphatic heterocycles. The van der Waals surface area contributed by atoms with Gasteiger partial charge in [-0.1, -0.05) is 0 Å². The van der Waals surface area contributed by atoms with Crippen molar-refractivity contribution in [2.24, 2.45) is 0 Å². The maximum atomic E-state index is 11.3. The van der Waals surface area contributed by atoms with Crippen LogP contribution in [0.1, 0.15) is 27.2 Å². The van der Waals surface area contributed by atoms with Crippen LogP contribution in [0.15, 0.2) is 12.4 Å². The number of methoxy groups -OCH3 is 1. The van der Waals surface area contributed by atoms with Gasteiger partial charge in [0.15, 0.2) is 10.8 Å². The van der Waals surface area contributed by atoms with Crippen LogP contribution in [0.25, 0.3) is 5.00 Å². The van der Waals surface area contributed by atoms with Crippen LogP contribution in [0.2, 0.25) is 0 Å². The standard InChI is InChI=1S/C10H8N4O5S/c1-5(15)7-3-6(14(17)18)9(20-7)13-4-11-8(12-13)10(16)19-2/h3-4H,1-2H3. The molecule has 2 rings (SSSR count). The van der Waals surface area contributed by atoms with E-state index in [0.29, 0.717) is 0 Å². The first-order chi connectivity index (χ1) is 9.43. The predicted molar refractivity (Wildman–Crippen MR) is 67.2 cm³/mol. The average molecular weight is 296 g/mol. The first kappa shape index (κ1) is 13.8. The number of carbonyl (C=O) groups excluding carboxylic acids is 2. The van der Waals surface area contributed by atoms with Gasteiger partial charge in [-0.2, -0.15) is 0 Å². The highest BCUT2D eigenvalue weighted by atomic mass is 32.1. The molecule has 0 unspecified atom stereocenters. The molecule has 0 N–H and O–H groups in total. The highest BCUT2D eigenvalue weighted by molar-refractivity contribution is 7.17. The Morgan fingerprint density at radius 2 is 2.20 bits per heavy atom. The van der Waals surface area contributed by atoms with E-state index in [1.807, 2.05) is 0 Å². The van der Waals surface area contributed by atoms with Gasteiger partial charge in [0, 0.05) is 6.07 Å². The summed E-state index contributed by atoms with van der Waals surface area (Å²) < 4.78 is 5.52. The second-order valence-electron chi connectivity index (χ2n) is 3.62. The molecule has 0 saturated carbocycles. The van der Waals surface area contributed by atoms with Crippen LogP contribution in [0.5, 0.6) is 0 Å². The van der Waals surface area contributed by atoms with E-state index >= 15 is 0 Å². The van der Waals surface area contributed by atoms with Crippen molar-refractivity contribution in [3.05, 3.63) is 33.2 Å². The van der Waals surface area contributed by atoms with Crippen molar-refractivity contribution in [1.29, 1.82) is 0 Å². The van der Waals surface area contributed by atoms with Gasteiger partial charge in [0.25, 0.3) is 5.82 Å². The van der Waals surface area contributed by atoms with Gasteiger partial charge in [0.1, 0.15) is 6.33 Å². The van der Waals surface area contributed by atoms with Gasteiger partial charge in [-0.3, -0.25) is 14.9 Å². The number of aromatic nitrogens is 3. The molecule has 0 radical (unpaired) electrons. The van der Waals surface area contributed by atoms with Crippen LogP contribution in [-0.4, -0.2) is 38.6 Å². The van der Waals surface area contributed by atoms with E-state index in [2.05, 4.69) is 14.8 Å². The van der Waals surface area contributed by atoms with Crippen LogP contribution in [0, 0.1) is 10.1 Å². The van der Waals surface area contributed by atoms with Crippen molar-refractivity contribution in [3.8, 4) is 5.00 Å². The van der Waals surface area contributed by atoms with Crippen LogP contribution >= 0.6 is 11.3 Å². The highest BCUT2D eigenvalue weighted by Crippen LogP contribution is 2.32. The van der Waals surface area contributed by atoms with E-state index in [9.17, 15) is 19.7 Å². The molecule has 2 aromatic rings. The lowest BCUT2D eigenvalue weighted by atomic mass is 10.3. The molecular weight excluding hydrogens is 288 g/mol. The molecule has 2 heterocycles. The number of thiophene rings is 1. The van der Waals surface area contributed by atoms with Crippen molar-refractivity contribution in [1.82, 2.24) is 14.8 Å². The summed E-state index contributed by atoms with van der Waals surface area (Å²) in [7, 11) is 1.17. The Kier molecular flexibility index (Phi) is 3.57. The molecule has 0 fully saturated rings. The summed E-state index contributed by atoms with van der Waals surface area (Å²) in [4.78, 5) is 36.8. The molecule has 0 aromatic carbocycles. The number of carbonyl (C=O) groups is 2. The maximum Gasteiger partial charge on any atom is 0.377 e. The lowest BCUT2D eigenvalue weighted by molar-refractivity contribution is -0.384. The Morgan fingerprint density at radius 1 is 1.50 bits per heavy atom. The monoisotopic (exact) mass is 296 g/mol. The number of ether oxygens (including phenoxy) is 1. The molecular formula is C10H8N4O5S. The van der Waals surface area contributed by atoms with Gasteiger partial charge in [-0.25, -0.2) is 14.5 Å². The summed E-state index contributed by atoms with van der Waals surface area (Å²) in [6.45, 7) is 1.31. The lowest BCUT2D eigenvalue weighted by Crippen LogP contribution is -2.05. The van der Waals surface area contributed by atoms with E-state index < -0.39 is 10.9 Å². The fourth-order valence-corrected chi connectivity index (χ4v) is 2.33. The van der Waals surface area contributed by atoms with Crippen molar-refractivity contribution < 1.29 is 19.2 Å². The summed E-state index contributed by atoms with van der Waals surface area (Å²) in [6.07, 6.45) is 1.15. The van der Waals surface area contributed by atoms with Gasteiger partial charge in [0.05, 0.1) is 16.9 Å². The fraction of sp³-hybridized carbons (Fsp3) is 0.200. The smallest absolute Gasteiger partial charge is 0.377 e. The van der Waals surface area contributed by atoms with Gasteiger partial charge in [0.2, 0.25) is 0 Å². The van der Waals surface area contributed by atoms with E-state index in [4.69, 9.17) is 0 Å². The van der Waals surface area contributed by atoms with Crippen molar-refractivity contribution in [2.75, 3.05) is 7.11 Å². The maximum absolute atomic E-state index is 11.3. The number of hydrogen-bond acceptors (Lipinski definition) is 8. The van der Waals surface area contributed by atoms with E-state index in [0.717, 1.165) is 22.3 Å². The van der Waals surface area contributed by atoms with E-state index in [-0.39, 0.29) is 27.2 Å². The second-order valence-corrected chi connectivity index (χ2v) is 4.65. The number of nitrogens with zero attached hydrogens (tertiary/aromatic N) is 4. The number of hydrogen-bond donors (Lipinski definition) is 0. The molecule has 0 aliphatic rings. The third-order valence-electron chi connectivity index (χ3n) is 2.31. The molecule has 0 aliphatic carbocycles. The van der Waals surface area contributed by atoms with E-state index in [1.165, 1.54) is 20.1 Å². The minimum atomic E-state index is -0.755. The molecule has 10 heteroatoms. The third kappa shape index (κ3) is 2.40. The number of ketones is 1. The van der Waals surface area contributed by atoms with Crippen molar-refractivity contribution >= 4 is 28.8 Å². The zero-order chi connectivity index (χ0) is 14.9. The summed E-state index contributed by atoms with van der Waals surface area (Å²) >= 11 is 0.899. The minimum absolute atomic E-state index is 0.0999. The fourth-order valence-electron chi connectivity index (χ4n) is 1.39. The zero-order valence-electron chi connectivity index (χ0n) is 10.4. The van der Waals surface area contributed by atoms with Crippen molar-refractivity contribution in [2.45, 2.75) is 6.92 Å². The number of Topliss-reactive ketones (excluding diaryl/α,β-unsaturated/α-hetero) is 1. The van der Waals surface area contributed by atoms with Crippen molar-refractivity contribution in [3.63, 3.8) is 0 Å². The Labute approximate surface area is 116 Å². The SMILES string of the molecule is COC(=O)c1ncn(-c2sc(C(C)=O)cc2[N+](=O)[O-])n1. The molecule has 0 amide bonds. The number of esters is 1. The first-order valence-electron chi connectivity index (χ1n) is 5.23. The molecule has 0 atom stereocenters. The quantitative estimate of drug-likeness (QED) is 0.360. The summed E-state index contributed by atoms with van der Waals surface area (Å²) in [5.74, 6) is -1.27. The van der Waals surface area contributed by atoms with Crippen LogP contribution in [-0.2, 0) is 4.74 Å². The average Bonchev–Trinajstić information content (AvgIpc) is 3.03. The third-order valence-corrected chi connectivity index (χ3v) is 3.52. The van der Waals surface area contributed by atoms with Crippen LogP contribution in [0.4, 0.5) is 5.69 Å². The predicted octanol–water partition coefficient (Wildman–Crippen LogP) is 1.23. The Hall–Kier alpha value is -2.62. The molecule has 104 valence electrons. The molecule has 20 heavy (non-hydrogen) atoms. The summed E-state index contributed by atoms with van der Waals surface area (Å²) in [5, 5.41) is 14.9. The topological polar surface area (TPSA) is 117 Å². The van der Waals surface area contributed by atoms with Gasteiger partial charge in [-0.05, 0) is 6.92 Å². The number of nitro groups is 1. The largest absolute Gasteiger partial charge is 0.463 e. The second kappa shape index (κ2) is 5.17. The van der Waals surface area contributed by atoms with Crippen LogP contribution in [0.3, 0.4) is 0 Å². The summed E-state index contributed by atoms with van der Waals surface area (Å²) in [6, 6.07) is 1.17. The lowest BCUT2D eigenvalue weighted by Gasteiger charge is -1.95. The first-order valence-corrected chi connectivity index (χ1v) is 6.05. The van der Waals surface area contributed by atoms with E-state index in [1.54, 1.807) is 0 Å². The zero-order valence-corrected chi connectivity index (χ0v) is 11.2. The van der Waals surface area contributed by atoms with Crippen LogP contribution < -0.4 is 0 Å². The molecule has 0 saturated heterocycles. The molecule has 0 spiro atoms. The molecule has 2 aromatic heterocycles. The number of rotatable bonds is 4. The van der Waals surface area contributed by atoms with Gasteiger partial charge in [-0.15, -0.1) is 16.4 Å².